The molecule has 0 saturated carbocycles. The molecule has 0 aliphatic carbocycles. The Morgan fingerprint density at radius 1 is 1.05 bits per heavy atom. The standard InChI is InChI=1S/C15H23BrN2O/c16-14-7-8-15(17-13-14)19-12-6-4-2-1-3-5-9-18-10-11-18/h7-8,13H,1-6,9-12H2. The van der Waals surface area contributed by atoms with Gasteiger partial charge >= 0.3 is 0 Å². The number of pyridine rings is 1. The molecule has 0 bridgehead atoms. The third kappa shape index (κ3) is 6.92. The summed E-state index contributed by atoms with van der Waals surface area (Å²) in [5, 5.41) is 0. The molecular formula is C15H23BrN2O. The van der Waals surface area contributed by atoms with Gasteiger partial charge in [-0.3, -0.25) is 0 Å². The van der Waals surface area contributed by atoms with Gasteiger partial charge in [0.25, 0.3) is 0 Å². The molecule has 1 aliphatic rings. The number of hydrogen-bond acceptors (Lipinski definition) is 3. The second kappa shape index (κ2) is 8.54. The average molecular weight is 327 g/mol. The van der Waals surface area contributed by atoms with Gasteiger partial charge in [0.1, 0.15) is 0 Å². The highest BCUT2D eigenvalue weighted by Gasteiger charge is 2.14. The van der Waals surface area contributed by atoms with E-state index in [0.717, 1.165) is 23.4 Å². The Morgan fingerprint density at radius 2 is 1.79 bits per heavy atom. The van der Waals surface area contributed by atoms with Crippen LogP contribution in [0.1, 0.15) is 38.5 Å². The number of halogens is 1. The maximum absolute atomic E-state index is 5.59. The first-order valence-corrected chi connectivity index (χ1v) is 8.10. The lowest BCUT2D eigenvalue weighted by Crippen LogP contribution is -1.99. The van der Waals surface area contributed by atoms with Gasteiger partial charge in [-0.1, -0.05) is 25.7 Å². The summed E-state index contributed by atoms with van der Waals surface area (Å²) in [6, 6.07) is 3.86. The van der Waals surface area contributed by atoms with E-state index in [4.69, 9.17) is 4.74 Å². The Labute approximate surface area is 124 Å². The van der Waals surface area contributed by atoms with E-state index in [1.54, 1.807) is 6.20 Å². The summed E-state index contributed by atoms with van der Waals surface area (Å²) in [6.45, 7) is 4.77. The molecule has 2 rings (SSSR count). The maximum Gasteiger partial charge on any atom is 0.213 e. The summed E-state index contributed by atoms with van der Waals surface area (Å²) in [6.07, 6.45) is 9.61. The van der Waals surface area contributed by atoms with Gasteiger partial charge in [0, 0.05) is 29.8 Å². The van der Waals surface area contributed by atoms with Gasteiger partial charge in [-0.15, -0.1) is 0 Å². The zero-order chi connectivity index (χ0) is 13.3. The summed E-state index contributed by atoms with van der Waals surface area (Å²) >= 11 is 3.36. The summed E-state index contributed by atoms with van der Waals surface area (Å²) in [7, 11) is 0. The van der Waals surface area contributed by atoms with Gasteiger partial charge < -0.3 is 9.64 Å². The SMILES string of the molecule is Brc1ccc(OCCCCCCCCN2CC2)nc1. The average Bonchev–Trinajstić information content (AvgIpc) is 3.23. The van der Waals surface area contributed by atoms with Gasteiger partial charge in [0.05, 0.1) is 6.61 Å². The maximum atomic E-state index is 5.59. The van der Waals surface area contributed by atoms with Crippen LogP contribution in [-0.2, 0) is 0 Å². The lowest BCUT2D eigenvalue weighted by atomic mass is 10.1. The molecule has 19 heavy (non-hydrogen) atoms. The normalized spacial score (nSPS) is 14.6. The molecule has 2 heterocycles. The van der Waals surface area contributed by atoms with Crippen molar-refractivity contribution in [1.82, 2.24) is 9.88 Å². The molecule has 0 radical (unpaired) electrons. The third-order valence-corrected chi connectivity index (χ3v) is 3.83. The fraction of sp³-hybridized carbons (Fsp3) is 0.667. The van der Waals surface area contributed by atoms with Gasteiger partial charge in [0.15, 0.2) is 0 Å². The van der Waals surface area contributed by atoms with E-state index in [0.29, 0.717) is 0 Å². The van der Waals surface area contributed by atoms with E-state index in [1.165, 1.54) is 51.7 Å². The Hall–Kier alpha value is -0.610. The predicted octanol–water partition coefficient (Wildman–Crippen LogP) is 3.88. The van der Waals surface area contributed by atoms with Gasteiger partial charge in [0.2, 0.25) is 5.88 Å². The number of rotatable bonds is 10. The van der Waals surface area contributed by atoms with Crippen molar-refractivity contribution >= 4 is 15.9 Å². The van der Waals surface area contributed by atoms with Gasteiger partial charge in [-0.25, -0.2) is 4.98 Å². The molecule has 0 amide bonds. The van der Waals surface area contributed by atoms with Crippen molar-refractivity contribution < 1.29 is 4.74 Å². The molecule has 1 saturated heterocycles. The molecular weight excluding hydrogens is 304 g/mol. The molecule has 0 unspecified atom stereocenters. The number of hydrogen-bond donors (Lipinski definition) is 0. The molecule has 106 valence electrons. The van der Waals surface area contributed by atoms with Crippen LogP contribution in [0.3, 0.4) is 0 Å². The van der Waals surface area contributed by atoms with Crippen LogP contribution in [0.25, 0.3) is 0 Å². The van der Waals surface area contributed by atoms with Crippen LogP contribution < -0.4 is 4.74 Å². The quantitative estimate of drug-likeness (QED) is 0.482. The van der Waals surface area contributed by atoms with Crippen molar-refractivity contribution in [3.05, 3.63) is 22.8 Å². The van der Waals surface area contributed by atoms with Gasteiger partial charge in [-0.05, 0) is 41.4 Å². The van der Waals surface area contributed by atoms with Gasteiger partial charge in [-0.2, -0.15) is 0 Å². The first-order valence-electron chi connectivity index (χ1n) is 7.31. The van der Waals surface area contributed by atoms with E-state index < -0.39 is 0 Å². The van der Waals surface area contributed by atoms with Crippen LogP contribution in [0, 0.1) is 0 Å². The number of aromatic nitrogens is 1. The Kier molecular flexibility index (Phi) is 6.65. The second-order valence-electron chi connectivity index (χ2n) is 5.13. The molecule has 0 N–H and O–H groups in total. The monoisotopic (exact) mass is 326 g/mol. The highest BCUT2D eigenvalue weighted by Crippen LogP contribution is 2.13. The van der Waals surface area contributed by atoms with E-state index in [-0.39, 0.29) is 0 Å². The molecule has 3 nitrogen and oxygen atoms in total. The van der Waals surface area contributed by atoms with E-state index in [9.17, 15) is 0 Å². The fourth-order valence-electron chi connectivity index (χ4n) is 2.06. The number of nitrogens with zero attached hydrogens (tertiary/aromatic N) is 2. The number of ether oxygens (including phenoxy) is 1. The zero-order valence-electron chi connectivity index (χ0n) is 11.5. The summed E-state index contributed by atoms with van der Waals surface area (Å²) in [5.41, 5.74) is 0. The zero-order valence-corrected chi connectivity index (χ0v) is 13.1. The minimum Gasteiger partial charge on any atom is -0.478 e. The predicted molar refractivity (Wildman–Crippen MR) is 81.6 cm³/mol. The van der Waals surface area contributed by atoms with Crippen molar-refractivity contribution in [1.29, 1.82) is 0 Å². The lowest BCUT2D eigenvalue weighted by molar-refractivity contribution is 0.293. The summed E-state index contributed by atoms with van der Waals surface area (Å²) < 4.78 is 6.58. The highest BCUT2D eigenvalue weighted by atomic mass is 79.9. The summed E-state index contributed by atoms with van der Waals surface area (Å²) in [5.74, 6) is 0.724. The second-order valence-corrected chi connectivity index (χ2v) is 6.04. The number of unbranched alkanes of at least 4 members (excludes halogenated alkanes) is 5. The van der Waals surface area contributed by atoms with Crippen molar-refractivity contribution in [2.45, 2.75) is 38.5 Å². The van der Waals surface area contributed by atoms with Crippen molar-refractivity contribution in [2.24, 2.45) is 0 Å². The first kappa shape index (κ1) is 14.8. The van der Waals surface area contributed by atoms with Crippen LogP contribution in [0.4, 0.5) is 0 Å². The first-order chi connectivity index (χ1) is 9.34. The van der Waals surface area contributed by atoms with E-state index in [2.05, 4.69) is 25.8 Å². The molecule has 1 aromatic rings. The Bertz CT molecular complexity index is 352. The highest BCUT2D eigenvalue weighted by molar-refractivity contribution is 9.10. The molecule has 4 heteroatoms. The molecule has 1 aromatic heterocycles. The van der Waals surface area contributed by atoms with E-state index in [1.807, 2.05) is 12.1 Å². The van der Waals surface area contributed by atoms with Crippen LogP contribution in [-0.4, -0.2) is 36.1 Å². The van der Waals surface area contributed by atoms with Crippen molar-refractivity contribution in [2.75, 3.05) is 26.2 Å². The molecule has 1 aliphatic heterocycles. The fourth-order valence-corrected chi connectivity index (χ4v) is 2.30. The van der Waals surface area contributed by atoms with Crippen LogP contribution in [0.5, 0.6) is 5.88 Å². The van der Waals surface area contributed by atoms with Crippen LogP contribution >= 0.6 is 15.9 Å². The van der Waals surface area contributed by atoms with Crippen LogP contribution in [0.2, 0.25) is 0 Å². The van der Waals surface area contributed by atoms with E-state index >= 15 is 0 Å². The smallest absolute Gasteiger partial charge is 0.213 e. The minimum atomic E-state index is 0.724. The van der Waals surface area contributed by atoms with Crippen LogP contribution in [0.15, 0.2) is 22.8 Å². The molecule has 0 spiro atoms. The Morgan fingerprint density at radius 3 is 2.47 bits per heavy atom. The molecule has 0 aromatic carbocycles. The minimum absolute atomic E-state index is 0.724. The summed E-state index contributed by atoms with van der Waals surface area (Å²) in [4.78, 5) is 6.68. The topological polar surface area (TPSA) is 25.1 Å². The Balaban J connectivity index is 1.38. The molecule has 0 atom stereocenters. The van der Waals surface area contributed by atoms with Crippen molar-refractivity contribution in [3.8, 4) is 5.88 Å². The third-order valence-electron chi connectivity index (χ3n) is 3.36. The largest absolute Gasteiger partial charge is 0.478 e. The van der Waals surface area contributed by atoms with Crippen molar-refractivity contribution in [3.63, 3.8) is 0 Å². The lowest BCUT2D eigenvalue weighted by Gasteiger charge is -2.05. The molecule has 1 fully saturated rings.